The Labute approximate surface area is 164 Å². The SMILES string of the molecule is CCN(CC)c1ccc([N+](=O)[O-])cc1/C=N\NC(=O)COc1cccc(C)c1. The number of nitrogens with zero attached hydrogens (tertiary/aromatic N) is 3. The van der Waals surface area contributed by atoms with Gasteiger partial charge in [0.1, 0.15) is 5.75 Å². The molecule has 0 unspecified atom stereocenters. The van der Waals surface area contributed by atoms with Crippen LogP contribution in [0.1, 0.15) is 25.0 Å². The van der Waals surface area contributed by atoms with Gasteiger partial charge in [-0.3, -0.25) is 14.9 Å². The van der Waals surface area contributed by atoms with Crippen LogP contribution < -0.4 is 15.1 Å². The van der Waals surface area contributed by atoms with Gasteiger partial charge < -0.3 is 9.64 Å². The van der Waals surface area contributed by atoms with Crippen molar-refractivity contribution in [2.75, 3.05) is 24.6 Å². The number of benzene rings is 2. The maximum Gasteiger partial charge on any atom is 0.277 e. The fraction of sp³-hybridized carbons (Fsp3) is 0.300. The van der Waals surface area contributed by atoms with Gasteiger partial charge in [-0.1, -0.05) is 12.1 Å². The number of nitrogens with one attached hydrogen (secondary N) is 1. The number of amides is 1. The quantitative estimate of drug-likeness (QED) is 0.406. The zero-order chi connectivity index (χ0) is 20.5. The predicted molar refractivity (Wildman–Crippen MR) is 109 cm³/mol. The van der Waals surface area contributed by atoms with E-state index in [-0.39, 0.29) is 12.3 Å². The van der Waals surface area contributed by atoms with Gasteiger partial charge in [0, 0.05) is 36.5 Å². The third-order valence-corrected chi connectivity index (χ3v) is 4.08. The summed E-state index contributed by atoms with van der Waals surface area (Å²) in [6.45, 7) is 7.23. The lowest BCUT2D eigenvalue weighted by Gasteiger charge is -2.22. The first-order chi connectivity index (χ1) is 13.4. The maximum atomic E-state index is 11.9. The summed E-state index contributed by atoms with van der Waals surface area (Å²) in [5.74, 6) is 0.175. The number of nitro groups is 1. The molecule has 0 spiro atoms. The average molecular weight is 384 g/mol. The fourth-order valence-corrected chi connectivity index (χ4v) is 2.67. The van der Waals surface area contributed by atoms with Gasteiger partial charge in [-0.2, -0.15) is 5.10 Å². The van der Waals surface area contributed by atoms with Gasteiger partial charge in [-0.25, -0.2) is 5.43 Å². The van der Waals surface area contributed by atoms with Crippen molar-refractivity contribution in [2.45, 2.75) is 20.8 Å². The van der Waals surface area contributed by atoms with E-state index < -0.39 is 10.8 Å². The minimum atomic E-state index is -0.461. The highest BCUT2D eigenvalue weighted by Crippen LogP contribution is 2.24. The van der Waals surface area contributed by atoms with E-state index in [1.54, 1.807) is 12.1 Å². The molecule has 8 nitrogen and oxygen atoms in total. The van der Waals surface area contributed by atoms with Crippen LogP contribution in [0.4, 0.5) is 11.4 Å². The minimum Gasteiger partial charge on any atom is -0.484 e. The number of rotatable bonds is 9. The summed E-state index contributed by atoms with van der Waals surface area (Å²) < 4.78 is 5.42. The standard InChI is InChI=1S/C20H24N4O4/c1-4-23(5-2)19-10-9-17(24(26)27)12-16(19)13-21-22-20(25)14-28-18-8-6-7-15(3)11-18/h6-13H,4-5,14H2,1-3H3,(H,22,25)/b21-13-. The van der Waals surface area contributed by atoms with E-state index in [2.05, 4.69) is 10.5 Å². The Morgan fingerprint density at radius 2 is 2.00 bits per heavy atom. The third-order valence-electron chi connectivity index (χ3n) is 4.08. The van der Waals surface area contributed by atoms with Crippen molar-refractivity contribution >= 4 is 23.5 Å². The van der Waals surface area contributed by atoms with Crippen LogP contribution in [0.2, 0.25) is 0 Å². The first-order valence-electron chi connectivity index (χ1n) is 8.99. The molecule has 148 valence electrons. The smallest absolute Gasteiger partial charge is 0.277 e. The highest BCUT2D eigenvalue weighted by atomic mass is 16.6. The Bertz CT molecular complexity index is 863. The molecule has 0 aliphatic carbocycles. The molecule has 0 atom stereocenters. The van der Waals surface area contributed by atoms with E-state index in [1.807, 2.05) is 43.9 Å². The van der Waals surface area contributed by atoms with Gasteiger partial charge in [-0.15, -0.1) is 0 Å². The lowest BCUT2D eigenvalue weighted by molar-refractivity contribution is -0.384. The van der Waals surface area contributed by atoms with Gasteiger partial charge in [0.15, 0.2) is 6.61 Å². The molecule has 2 rings (SSSR count). The molecule has 8 heteroatoms. The van der Waals surface area contributed by atoms with E-state index >= 15 is 0 Å². The Hall–Kier alpha value is -3.42. The molecule has 0 aliphatic rings. The Morgan fingerprint density at radius 3 is 2.64 bits per heavy atom. The van der Waals surface area contributed by atoms with Crippen LogP contribution in [0.25, 0.3) is 0 Å². The zero-order valence-electron chi connectivity index (χ0n) is 16.2. The molecule has 0 aliphatic heterocycles. The van der Waals surface area contributed by atoms with Crippen molar-refractivity contribution in [3.8, 4) is 5.75 Å². The van der Waals surface area contributed by atoms with E-state index in [0.29, 0.717) is 11.3 Å². The van der Waals surface area contributed by atoms with E-state index in [1.165, 1.54) is 18.3 Å². The normalized spacial score (nSPS) is 10.7. The largest absolute Gasteiger partial charge is 0.484 e. The second kappa shape index (κ2) is 10.1. The number of carbonyl (C=O) groups is 1. The van der Waals surface area contributed by atoms with Crippen LogP contribution in [0, 0.1) is 17.0 Å². The van der Waals surface area contributed by atoms with E-state index in [9.17, 15) is 14.9 Å². The molecule has 0 radical (unpaired) electrons. The number of non-ortho nitro benzene ring substituents is 1. The van der Waals surface area contributed by atoms with Crippen LogP contribution in [-0.4, -0.2) is 36.7 Å². The number of aryl methyl sites for hydroxylation is 1. The van der Waals surface area contributed by atoms with Crippen molar-refractivity contribution in [1.29, 1.82) is 0 Å². The fourth-order valence-electron chi connectivity index (χ4n) is 2.67. The molecule has 0 saturated heterocycles. The zero-order valence-corrected chi connectivity index (χ0v) is 16.2. The molecule has 1 amide bonds. The first-order valence-corrected chi connectivity index (χ1v) is 8.99. The van der Waals surface area contributed by atoms with Gasteiger partial charge in [0.25, 0.3) is 11.6 Å². The number of hydrogen-bond donors (Lipinski definition) is 1. The lowest BCUT2D eigenvalue weighted by Crippen LogP contribution is -2.25. The van der Waals surface area contributed by atoms with Crippen LogP contribution >= 0.6 is 0 Å². The molecule has 0 bridgehead atoms. The molecular weight excluding hydrogens is 360 g/mol. The lowest BCUT2D eigenvalue weighted by atomic mass is 10.1. The van der Waals surface area contributed by atoms with Gasteiger partial charge in [-0.05, 0) is 44.5 Å². The first kappa shape index (κ1) is 20.9. The average Bonchev–Trinajstić information content (AvgIpc) is 2.68. The topological polar surface area (TPSA) is 97.1 Å². The van der Waals surface area contributed by atoms with Crippen LogP contribution in [-0.2, 0) is 4.79 Å². The molecule has 0 heterocycles. The van der Waals surface area contributed by atoms with Crippen molar-refractivity contribution in [3.05, 3.63) is 63.7 Å². The molecule has 0 aromatic heterocycles. The number of nitro benzene ring substituents is 1. The van der Waals surface area contributed by atoms with E-state index in [4.69, 9.17) is 4.74 Å². The van der Waals surface area contributed by atoms with Crippen molar-refractivity contribution in [3.63, 3.8) is 0 Å². The summed E-state index contributed by atoms with van der Waals surface area (Å²) in [5, 5.41) is 15.0. The third kappa shape index (κ3) is 5.80. The predicted octanol–water partition coefficient (Wildman–Crippen LogP) is 3.28. The highest BCUT2D eigenvalue weighted by Gasteiger charge is 2.13. The molecule has 0 saturated carbocycles. The molecule has 2 aromatic carbocycles. The van der Waals surface area contributed by atoms with Crippen molar-refractivity contribution in [1.82, 2.24) is 5.43 Å². The van der Waals surface area contributed by atoms with Crippen LogP contribution in [0.3, 0.4) is 0 Å². The second-order valence-corrected chi connectivity index (χ2v) is 6.07. The number of carbonyl (C=O) groups excluding carboxylic acids is 1. The highest BCUT2D eigenvalue weighted by molar-refractivity contribution is 5.90. The van der Waals surface area contributed by atoms with Gasteiger partial charge in [0.2, 0.25) is 0 Å². The van der Waals surface area contributed by atoms with Gasteiger partial charge >= 0.3 is 0 Å². The molecule has 28 heavy (non-hydrogen) atoms. The minimum absolute atomic E-state index is 0.0357. The summed E-state index contributed by atoms with van der Waals surface area (Å²) in [4.78, 5) is 24.6. The van der Waals surface area contributed by atoms with Crippen molar-refractivity contribution < 1.29 is 14.5 Å². The Morgan fingerprint density at radius 1 is 1.25 bits per heavy atom. The molecule has 2 aromatic rings. The summed E-state index contributed by atoms with van der Waals surface area (Å²) in [6, 6.07) is 12.0. The molecular formula is C20H24N4O4. The monoisotopic (exact) mass is 384 g/mol. The number of hydrazone groups is 1. The Balaban J connectivity index is 2.05. The van der Waals surface area contributed by atoms with E-state index in [0.717, 1.165) is 24.3 Å². The number of ether oxygens (including phenoxy) is 1. The number of hydrogen-bond acceptors (Lipinski definition) is 6. The Kier molecular flexibility index (Phi) is 7.50. The molecule has 0 fully saturated rings. The maximum absolute atomic E-state index is 11.9. The summed E-state index contributed by atoms with van der Waals surface area (Å²) in [6.07, 6.45) is 1.41. The summed E-state index contributed by atoms with van der Waals surface area (Å²) in [7, 11) is 0. The summed E-state index contributed by atoms with van der Waals surface area (Å²) >= 11 is 0. The second-order valence-electron chi connectivity index (χ2n) is 6.07. The molecule has 1 N–H and O–H groups in total. The van der Waals surface area contributed by atoms with Crippen molar-refractivity contribution in [2.24, 2.45) is 5.10 Å². The van der Waals surface area contributed by atoms with Crippen LogP contribution in [0.15, 0.2) is 47.6 Å². The number of anilines is 1. The van der Waals surface area contributed by atoms with Crippen LogP contribution in [0.5, 0.6) is 5.75 Å². The summed E-state index contributed by atoms with van der Waals surface area (Å²) in [5.41, 5.74) is 4.74. The van der Waals surface area contributed by atoms with Gasteiger partial charge in [0.05, 0.1) is 11.1 Å².